The van der Waals surface area contributed by atoms with Crippen molar-refractivity contribution in [1.29, 1.82) is 0 Å². The first-order chi connectivity index (χ1) is 10.5. The summed E-state index contributed by atoms with van der Waals surface area (Å²) in [6.07, 6.45) is 0. The molecule has 0 heterocycles. The van der Waals surface area contributed by atoms with E-state index in [-0.39, 0.29) is 11.3 Å². The second kappa shape index (κ2) is 7.09. The van der Waals surface area contributed by atoms with Gasteiger partial charge in [-0.2, -0.15) is 0 Å². The summed E-state index contributed by atoms with van der Waals surface area (Å²) in [7, 11) is 0. The first-order valence-corrected chi connectivity index (χ1v) is 7.35. The van der Waals surface area contributed by atoms with Gasteiger partial charge in [0.15, 0.2) is 0 Å². The highest BCUT2D eigenvalue weighted by atomic mass is 79.9. The minimum Gasteiger partial charge on any atom is -0.545 e. The molecule has 1 amide bonds. The number of ether oxygens (including phenoxy) is 1. The van der Waals surface area contributed by atoms with Crippen molar-refractivity contribution in [3.63, 3.8) is 0 Å². The number of benzene rings is 2. The predicted molar refractivity (Wildman–Crippen MR) is 84.0 cm³/mol. The van der Waals surface area contributed by atoms with Crippen molar-refractivity contribution in [3.05, 3.63) is 58.1 Å². The maximum Gasteiger partial charge on any atom is 0.255 e. The highest BCUT2D eigenvalue weighted by Crippen LogP contribution is 2.22. The van der Waals surface area contributed by atoms with Gasteiger partial charge in [0, 0.05) is 15.6 Å². The van der Waals surface area contributed by atoms with E-state index in [1.54, 1.807) is 30.3 Å². The summed E-state index contributed by atoms with van der Waals surface area (Å²) >= 11 is 3.18. The zero-order chi connectivity index (χ0) is 16.1. The van der Waals surface area contributed by atoms with Gasteiger partial charge in [-0.15, -0.1) is 0 Å². The van der Waals surface area contributed by atoms with Crippen LogP contribution in [0.4, 0.5) is 5.69 Å². The molecule has 0 radical (unpaired) electrons. The van der Waals surface area contributed by atoms with E-state index in [4.69, 9.17) is 4.74 Å². The molecular formula is C16H13BrNO4-. The number of halogens is 1. The number of aromatic carboxylic acids is 1. The first-order valence-electron chi connectivity index (χ1n) is 6.56. The van der Waals surface area contributed by atoms with Crippen LogP contribution >= 0.6 is 15.9 Å². The highest BCUT2D eigenvalue weighted by Gasteiger charge is 2.11. The van der Waals surface area contributed by atoms with Crippen LogP contribution in [0.3, 0.4) is 0 Å². The lowest BCUT2D eigenvalue weighted by Gasteiger charge is -2.13. The predicted octanol–water partition coefficient (Wildman–Crippen LogP) is 2.46. The fraction of sp³-hybridized carbons (Fsp3) is 0.125. The van der Waals surface area contributed by atoms with Crippen LogP contribution in [0, 0.1) is 0 Å². The van der Waals surface area contributed by atoms with Crippen LogP contribution in [-0.4, -0.2) is 18.5 Å². The Morgan fingerprint density at radius 2 is 2.00 bits per heavy atom. The molecule has 0 aliphatic carbocycles. The minimum absolute atomic E-state index is 0.0938. The number of nitrogens with one attached hydrogen (secondary N) is 1. The quantitative estimate of drug-likeness (QED) is 0.885. The van der Waals surface area contributed by atoms with Crippen molar-refractivity contribution < 1.29 is 19.4 Å². The Kier molecular flexibility index (Phi) is 5.16. The standard InChI is InChI=1S/C16H14BrNO4/c1-2-22-12-5-3-4-10(8-12)15(19)18-14-7-6-11(17)9-13(14)16(20)21/h3-9H,2H2,1H3,(H,18,19)(H,20,21)/p-1. The van der Waals surface area contributed by atoms with Gasteiger partial charge in [0.25, 0.3) is 5.91 Å². The van der Waals surface area contributed by atoms with E-state index < -0.39 is 11.9 Å². The molecule has 0 bridgehead atoms. The number of carbonyl (C=O) groups excluding carboxylic acids is 2. The van der Waals surface area contributed by atoms with E-state index in [9.17, 15) is 14.7 Å². The molecule has 0 atom stereocenters. The minimum atomic E-state index is -1.36. The second-order valence-electron chi connectivity index (χ2n) is 4.39. The SMILES string of the molecule is CCOc1cccc(C(=O)Nc2ccc(Br)cc2C(=O)[O-])c1. The Morgan fingerprint density at radius 1 is 1.23 bits per heavy atom. The average molecular weight is 363 g/mol. The topological polar surface area (TPSA) is 78.5 Å². The molecule has 114 valence electrons. The Bertz CT molecular complexity index is 715. The molecule has 6 heteroatoms. The molecular weight excluding hydrogens is 350 g/mol. The molecule has 2 rings (SSSR count). The molecule has 0 unspecified atom stereocenters. The van der Waals surface area contributed by atoms with Gasteiger partial charge < -0.3 is 20.0 Å². The van der Waals surface area contributed by atoms with Crippen LogP contribution < -0.4 is 15.2 Å². The monoisotopic (exact) mass is 362 g/mol. The van der Waals surface area contributed by atoms with Gasteiger partial charge in [-0.25, -0.2) is 0 Å². The third kappa shape index (κ3) is 3.85. The molecule has 2 aromatic rings. The van der Waals surface area contributed by atoms with E-state index in [0.29, 0.717) is 22.4 Å². The van der Waals surface area contributed by atoms with Crippen LogP contribution in [0.25, 0.3) is 0 Å². The lowest BCUT2D eigenvalue weighted by Crippen LogP contribution is -2.25. The van der Waals surface area contributed by atoms with Gasteiger partial charge in [0.2, 0.25) is 0 Å². The average Bonchev–Trinajstić information content (AvgIpc) is 2.49. The molecule has 2 aromatic carbocycles. The number of hydrogen-bond acceptors (Lipinski definition) is 4. The van der Waals surface area contributed by atoms with Gasteiger partial charge >= 0.3 is 0 Å². The van der Waals surface area contributed by atoms with E-state index in [2.05, 4.69) is 21.2 Å². The fourth-order valence-corrected chi connectivity index (χ4v) is 2.24. The molecule has 1 N–H and O–H groups in total. The van der Waals surface area contributed by atoms with Crippen LogP contribution in [0.15, 0.2) is 46.9 Å². The van der Waals surface area contributed by atoms with E-state index in [1.165, 1.54) is 12.1 Å². The Morgan fingerprint density at radius 3 is 2.68 bits per heavy atom. The molecule has 0 aromatic heterocycles. The van der Waals surface area contributed by atoms with Crippen LogP contribution in [0.1, 0.15) is 27.6 Å². The van der Waals surface area contributed by atoms with Crippen LogP contribution in [0.5, 0.6) is 5.75 Å². The number of carbonyl (C=O) groups is 2. The summed E-state index contributed by atoms with van der Waals surface area (Å²) in [6.45, 7) is 2.34. The molecule has 0 aliphatic heterocycles. The van der Waals surface area contributed by atoms with E-state index >= 15 is 0 Å². The molecule has 0 spiro atoms. The highest BCUT2D eigenvalue weighted by molar-refractivity contribution is 9.10. The van der Waals surface area contributed by atoms with Crippen LogP contribution in [0.2, 0.25) is 0 Å². The molecule has 0 saturated heterocycles. The largest absolute Gasteiger partial charge is 0.545 e. The third-order valence-corrected chi connectivity index (χ3v) is 3.35. The van der Waals surface area contributed by atoms with Gasteiger partial charge in [0.1, 0.15) is 5.75 Å². The van der Waals surface area contributed by atoms with Crippen LogP contribution in [-0.2, 0) is 0 Å². The summed E-state index contributed by atoms with van der Waals surface area (Å²) in [4.78, 5) is 23.4. The van der Waals surface area contributed by atoms with Crippen molar-refractivity contribution in [2.24, 2.45) is 0 Å². The summed E-state index contributed by atoms with van der Waals surface area (Å²) in [5.41, 5.74) is 0.455. The molecule has 0 fully saturated rings. The van der Waals surface area contributed by atoms with Gasteiger partial charge in [-0.3, -0.25) is 4.79 Å². The molecule has 0 aliphatic rings. The number of anilines is 1. The second-order valence-corrected chi connectivity index (χ2v) is 5.31. The molecule has 0 saturated carbocycles. The Hall–Kier alpha value is -2.34. The summed E-state index contributed by atoms with van der Waals surface area (Å²) in [6, 6.07) is 11.2. The summed E-state index contributed by atoms with van der Waals surface area (Å²) < 4.78 is 5.92. The zero-order valence-corrected chi connectivity index (χ0v) is 13.3. The van der Waals surface area contributed by atoms with E-state index in [0.717, 1.165) is 0 Å². The summed E-state index contributed by atoms with van der Waals surface area (Å²) in [5.74, 6) is -1.21. The lowest BCUT2D eigenvalue weighted by atomic mass is 10.1. The van der Waals surface area contributed by atoms with Crippen molar-refractivity contribution in [2.45, 2.75) is 6.92 Å². The summed E-state index contributed by atoms with van der Waals surface area (Å²) in [5, 5.41) is 13.7. The van der Waals surface area contributed by atoms with Crippen molar-refractivity contribution in [1.82, 2.24) is 0 Å². The maximum absolute atomic E-state index is 12.2. The van der Waals surface area contributed by atoms with E-state index in [1.807, 2.05) is 6.92 Å². The van der Waals surface area contributed by atoms with Gasteiger partial charge in [-0.1, -0.05) is 22.0 Å². The third-order valence-electron chi connectivity index (χ3n) is 2.86. The number of hydrogen-bond donors (Lipinski definition) is 1. The first kappa shape index (κ1) is 16.0. The van der Waals surface area contributed by atoms with Gasteiger partial charge in [0.05, 0.1) is 18.3 Å². The normalized spacial score (nSPS) is 10.1. The maximum atomic E-state index is 12.2. The number of carboxylic acids is 1. The number of carboxylic acid groups (broad SMARTS) is 1. The number of rotatable bonds is 5. The zero-order valence-electron chi connectivity index (χ0n) is 11.8. The van der Waals surface area contributed by atoms with Crippen molar-refractivity contribution >= 4 is 33.5 Å². The van der Waals surface area contributed by atoms with Crippen molar-refractivity contribution in [2.75, 3.05) is 11.9 Å². The molecule has 5 nitrogen and oxygen atoms in total. The fourth-order valence-electron chi connectivity index (χ4n) is 1.88. The Labute approximate surface area is 136 Å². The molecule has 22 heavy (non-hydrogen) atoms. The van der Waals surface area contributed by atoms with Gasteiger partial charge in [-0.05, 0) is 43.3 Å². The lowest BCUT2D eigenvalue weighted by molar-refractivity contribution is -0.254. The smallest absolute Gasteiger partial charge is 0.255 e. The number of amides is 1. The Balaban J connectivity index is 2.25. The van der Waals surface area contributed by atoms with Crippen molar-refractivity contribution in [3.8, 4) is 5.75 Å².